The number of rotatable bonds is 7. The predicted octanol–water partition coefficient (Wildman–Crippen LogP) is 2.17. The van der Waals surface area contributed by atoms with Crippen LogP contribution in [-0.4, -0.2) is 19.6 Å². The van der Waals surface area contributed by atoms with E-state index in [1.165, 1.54) is 6.20 Å². The molecule has 2 aromatic rings. The van der Waals surface area contributed by atoms with Gasteiger partial charge < -0.3 is 5.32 Å². The van der Waals surface area contributed by atoms with Crippen LogP contribution >= 0.6 is 0 Å². The fourth-order valence-electron chi connectivity index (χ4n) is 1.83. The Kier molecular flexibility index (Phi) is 4.62. The van der Waals surface area contributed by atoms with Crippen molar-refractivity contribution in [2.24, 2.45) is 0 Å². The monoisotopic (exact) mass is 269 g/mol. The molecule has 19 heavy (non-hydrogen) atoms. The third-order valence-electron chi connectivity index (χ3n) is 2.70. The highest BCUT2D eigenvalue weighted by Crippen LogP contribution is 2.11. The van der Waals surface area contributed by atoms with Gasteiger partial charge in [-0.25, -0.2) is 4.68 Å². The van der Waals surface area contributed by atoms with Gasteiger partial charge in [0.15, 0.2) is 0 Å². The lowest BCUT2D eigenvalue weighted by Gasteiger charge is -2.06. The summed E-state index contributed by atoms with van der Waals surface area (Å²) in [6.45, 7) is 1.26. The van der Waals surface area contributed by atoms with E-state index in [9.17, 15) is 8.78 Å². The van der Waals surface area contributed by atoms with Crippen LogP contribution in [0.25, 0.3) is 0 Å². The van der Waals surface area contributed by atoms with Gasteiger partial charge in [0.25, 0.3) is 0 Å². The van der Waals surface area contributed by atoms with Crippen LogP contribution < -0.4 is 5.32 Å². The van der Waals surface area contributed by atoms with E-state index in [1.807, 2.05) is 16.9 Å². The molecule has 0 aliphatic carbocycles. The second-order valence-electron chi connectivity index (χ2n) is 4.22. The van der Waals surface area contributed by atoms with Crippen molar-refractivity contribution in [3.05, 3.63) is 35.9 Å². The van der Waals surface area contributed by atoms with Gasteiger partial charge in [-0.15, -0.1) is 0 Å². The van der Waals surface area contributed by atoms with Gasteiger partial charge in [0.2, 0.25) is 0 Å². The van der Waals surface area contributed by atoms with E-state index in [0.29, 0.717) is 23.5 Å². The number of hydrogen-bond acceptors (Lipinski definition) is 3. The molecular formula is C12H17F2N5. The Labute approximate surface area is 110 Å². The van der Waals surface area contributed by atoms with Crippen LogP contribution in [-0.2, 0) is 19.6 Å². The number of aryl methyl sites for hydroxylation is 1. The Balaban J connectivity index is 1.84. The first-order chi connectivity index (χ1) is 9.20. The Morgan fingerprint density at radius 1 is 1.32 bits per heavy atom. The van der Waals surface area contributed by atoms with Crippen LogP contribution in [0.2, 0.25) is 0 Å². The highest BCUT2D eigenvalue weighted by Gasteiger charge is 2.10. The van der Waals surface area contributed by atoms with E-state index in [-0.39, 0.29) is 0 Å². The van der Waals surface area contributed by atoms with Gasteiger partial charge in [-0.2, -0.15) is 19.0 Å². The van der Waals surface area contributed by atoms with Gasteiger partial charge in [0.05, 0.1) is 11.4 Å². The zero-order chi connectivity index (χ0) is 13.7. The quantitative estimate of drug-likeness (QED) is 0.838. The lowest BCUT2D eigenvalue weighted by molar-refractivity contribution is 0.0531. The van der Waals surface area contributed by atoms with Crippen molar-refractivity contribution >= 4 is 0 Å². The largest absolute Gasteiger partial charge is 0.333 e. The molecule has 2 aromatic heterocycles. The van der Waals surface area contributed by atoms with E-state index in [4.69, 9.17) is 0 Å². The van der Waals surface area contributed by atoms with Gasteiger partial charge in [0, 0.05) is 32.0 Å². The molecule has 104 valence electrons. The Bertz CT molecular complexity index is 506. The normalized spacial score (nSPS) is 11.4. The average Bonchev–Trinajstić information content (AvgIpc) is 2.99. The Morgan fingerprint density at radius 3 is 2.89 bits per heavy atom. The molecule has 0 unspecified atom stereocenters. The molecule has 0 saturated carbocycles. The van der Waals surface area contributed by atoms with E-state index in [2.05, 4.69) is 22.4 Å². The summed E-state index contributed by atoms with van der Waals surface area (Å²) in [5.74, 6) is 0. The number of hydrogen-bond donors (Lipinski definition) is 1. The number of aromatic nitrogens is 4. The lowest BCUT2D eigenvalue weighted by Crippen LogP contribution is -2.17. The predicted molar refractivity (Wildman–Crippen MR) is 66.5 cm³/mol. The second-order valence-corrected chi connectivity index (χ2v) is 4.22. The molecule has 0 bridgehead atoms. The highest BCUT2D eigenvalue weighted by atomic mass is 19.3. The van der Waals surface area contributed by atoms with E-state index in [1.54, 1.807) is 6.07 Å². The van der Waals surface area contributed by atoms with Gasteiger partial charge in [-0.1, -0.05) is 6.92 Å². The summed E-state index contributed by atoms with van der Waals surface area (Å²) in [6.07, 6.45) is 4.32. The minimum absolute atomic E-state index is 0.338. The topological polar surface area (TPSA) is 47.7 Å². The average molecular weight is 269 g/mol. The highest BCUT2D eigenvalue weighted by molar-refractivity contribution is 5.02. The molecule has 0 aliphatic rings. The molecule has 0 aromatic carbocycles. The number of alkyl halides is 2. The first kappa shape index (κ1) is 13.7. The van der Waals surface area contributed by atoms with E-state index >= 15 is 0 Å². The summed E-state index contributed by atoms with van der Waals surface area (Å²) >= 11 is 0. The summed E-state index contributed by atoms with van der Waals surface area (Å²) in [6, 6.07) is 3.50. The standard InChI is InChI=1S/C12H17F2N5/c1-2-6-18-7-4-10(17-18)8-15-9-11-3-5-16-19(11)12(13)14/h3-5,7,12,15H,2,6,8-9H2,1H3. The van der Waals surface area contributed by atoms with Crippen LogP contribution in [0, 0.1) is 0 Å². The van der Waals surface area contributed by atoms with Crippen molar-refractivity contribution in [2.45, 2.75) is 39.5 Å². The maximum Gasteiger partial charge on any atom is 0.333 e. The minimum Gasteiger partial charge on any atom is -0.305 e. The van der Waals surface area contributed by atoms with Crippen molar-refractivity contribution in [2.75, 3.05) is 0 Å². The third-order valence-corrected chi connectivity index (χ3v) is 2.70. The number of halogens is 2. The smallest absolute Gasteiger partial charge is 0.305 e. The third kappa shape index (κ3) is 3.60. The van der Waals surface area contributed by atoms with Gasteiger partial charge >= 0.3 is 6.55 Å². The molecule has 5 nitrogen and oxygen atoms in total. The maximum atomic E-state index is 12.6. The number of nitrogens with one attached hydrogen (secondary N) is 1. The van der Waals surface area contributed by atoms with Gasteiger partial charge in [0.1, 0.15) is 0 Å². The number of nitrogens with zero attached hydrogens (tertiary/aromatic N) is 4. The summed E-state index contributed by atoms with van der Waals surface area (Å²) in [4.78, 5) is 0. The van der Waals surface area contributed by atoms with Crippen molar-refractivity contribution in [1.29, 1.82) is 0 Å². The molecule has 1 N–H and O–H groups in total. The first-order valence-corrected chi connectivity index (χ1v) is 6.24. The fourth-order valence-corrected chi connectivity index (χ4v) is 1.83. The molecule has 2 heterocycles. The molecule has 0 fully saturated rings. The molecular weight excluding hydrogens is 252 g/mol. The van der Waals surface area contributed by atoms with E-state index < -0.39 is 6.55 Å². The molecule has 0 spiro atoms. The summed E-state index contributed by atoms with van der Waals surface area (Å²) in [7, 11) is 0. The molecule has 0 radical (unpaired) electrons. The van der Waals surface area contributed by atoms with Crippen LogP contribution in [0.5, 0.6) is 0 Å². The maximum absolute atomic E-state index is 12.6. The van der Waals surface area contributed by atoms with Crippen LogP contribution in [0.4, 0.5) is 8.78 Å². The molecule has 0 atom stereocenters. The van der Waals surface area contributed by atoms with Gasteiger partial charge in [-0.3, -0.25) is 4.68 Å². The van der Waals surface area contributed by atoms with E-state index in [0.717, 1.165) is 18.7 Å². The van der Waals surface area contributed by atoms with Crippen LogP contribution in [0.1, 0.15) is 31.3 Å². The van der Waals surface area contributed by atoms with Crippen molar-refractivity contribution in [3.63, 3.8) is 0 Å². The zero-order valence-electron chi connectivity index (χ0n) is 10.8. The van der Waals surface area contributed by atoms with Crippen LogP contribution in [0.3, 0.4) is 0 Å². The summed E-state index contributed by atoms with van der Waals surface area (Å²) in [5, 5.41) is 11.0. The van der Waals surface area contributed by atoms with Crippen molar-refractivity contribution < 1.29 is 8.78 Å². The molecule has 0 saturated heterocycles. The van der Waals surface area contributed by atoms with Crippen LogP contribution in [0.15, 0.2) is 24.5 Å². The second kappa shape index (κ2) is 6.42. The SMILES string of the molecule is CCCn1ccc(CNCc2ccnn2C(F)F)n1. The first-order valence-electron chi connectivity index (χ1n) is 6.24. The minimum atomic E-state index is -2.60. The fraction of sp³-hybridized carbons (Fsp3) is 0.500. The summed E-state index contributed by atoms with van der Waals surface area (Å²) < 4.78 is 27.7. The lowest BCUT2D eigenvalue weighted by atomic mass is 10.4. The van der Waals surface area contributed by atoms with Gasteiger partial charge in [-0.05, 0) is 18.6 Å². The zero-order valence-corrected chi connectivity index (χ0v) is 10.8. The van der Waals surface area contributed by atoms with Crippen molar-refractivity contribution in [1.82, 2.24) is 24.9 Å². The Morgan fingerprint density at radius 2 is 2.16 bits per heavy atom. The molecule has 7 heteroatoms. The molecule has 0 amide bonds. The molecule has 2 rings (SSSR count). The molecule has 0 aliphatic heterocycles. The summed E-state index contributed by atoms with van der Waals surface area (Å²) in [5.41, 5.74) is 1.36. The Hall–Kier alpha value is -1.76. The van der Waals surface area contributed by atoms with Crippen molar-refractivity contribution in [3.8, 4) is 0 Å².